The van der Waals surface area contributed by atoms with Crippen LogP contribution in [0.3, 0.4) is 0 Å². The van der Waals surface area contributed by atoms with Gasteiger partial charge in [0.2, 0.25) is 0 Å². The molecule has 0 radical (unpaired) electrons. The first-order chi connectivity index (χ1) is 7.69. The lowest BCUT2D eigenvalue weighted by Gasteiger charge is -2.25. The lowest BCUT2D eigenvalue weighted by Crippen LogP contribution is -2.24. The molecule has 82 valence electrons. The van der Waals surface area contributed by atoms with Gasteiger partial charge in [0.15, 0.2) is 0 Å². The molecule has 0 aliphatic heterocycles. The Morgan fingerprint density at radius 3 is 2.88 bits per heavy atom. The number of aliphatic hydroxyl groups is 1. The predicted molar refractivity (Wildman–Crippen MR) is 64.0 cm³/mol. The Morgan fingerprint density at radius 2 is 2.12 bits per heavy atom. The van der Waals surface area contributed by atoms with E-state index in [-0.39, 0.29) is 0 Å². The summed E-state index contributed by atoms with van der Waals surface area (Å²) in [6, 6.07) is 8.07. The molecule has 1 fully saturated rings. The Hall–Kier alpha value is -1.41. The molecule has 2 nitrogen and oxygen atoms in total. The lowest BCUT2D eigenvalue weighted by atomic mass is 9.88. The molecular formula is C14H15NO. The summed E-state index contributed by atoms with van der Waals surface area (Å²) in [4.78, 5) is 4.16. The number of benzene rings is 1. The van der Waals surface area contributed by atoms with Crippen molar-refractivity contribution >= 4 is 10.8 Å². The Labute approximate surface area is 94.9 Å². The average Bonchev–Trinajstić information content (AvgIpc) is 3.12. The molecule has 1 unspecified atom stereocenters. The number of hydrogen-bond donors (Lipinski definition) is 1. The van der Waals surface area contributed by atoms with Crippen LogP contribution in [0.15, 0.2) is 36.7 Å². The number of nitrogens with zero attached hydrogens (tertiary/aromatic N) is 1. The van der Waals surface area contributed by atoms with Crippen molar-refractivity contribution in [2.45, 2.75) is 25.4 Å². The van der Waals surface area contributed by atoms with Gasteiger partial charge in [-0.1, -0.05) is 18.2 Å². The maximum absolute atomic E-state index is 10.6. The second-order valence-electron chi connectivity index (χ2n) is 4.82. The third-order valence-electron chi connectivity index (χ3n) is 3.60. The summed E-state index contributed by atoms with van der Waals surface area (Å²) in [5.74, 6) is 0.415. The molecule has 1 aliphatic carbocycles. The van der Waals surface area contributed by atoms with Gasteiger partial charge in [0.1, 0.15) is 0 Å². The van der Waals surface area contributed by atoms with Crippen LogP contribution in [0.25, 0.3) is 10.8 Å². The first-order valence-corrected chi connectivity index (χ1v) is 5.75. The van der Waals surface area contributed by atoms with Crippen molar-refractivity contribution < 1.29 is 5.11 Å². The Balaban J connectivity index is 2.23. The highest BCUT2D eigenvalue weighted by Gasteiger charge is 2.41. The third-order valence-corrected chi connectivity index (χ3v) is 3.60. The van der Waals surface area contributed by atoms with E-state index in [1.807, 2.05) is 31.3 Å². The zero-order valence-corrected chi connectivity index (χ0v) is 9.35. The minimum Gasteiger partial charge on any atom is -0.385 e. The fraction of sp³-hybridized carbons (Fsp3) is 0.357. The highest BCUT2D eigenvalue weighted by molar-refractivity contribution is 5.85. The van der Waals surface area contributed by atoms with E-state index in [1.165, 1.54) is 0 Å². The quantitative estimate of drug-likeness (QED) is 0.832. The van der Waals surface area contributed by atoms with Crippen molar-refractivity contribution in [3.05, 3.63) is 42.2 Å². The first kappa shape index (κ1) is 9.79. The van der Waals surface area contributed by atoms with Crippen LogP contribution in [0.2, 0.25) is 0 Å². The van der Waals surface area contributed by atoms with Crippen LogP contribution in [0, 0.1) is 5.92 Å². The van der Waals surface area contributed by atoms with E-state index in [2.05, 4.69) is 11.1 Å². The molecule has 0 amide bonds. The van der Waals surface area contributed by atoms with E-state index < -0.39 is 5.60 Å². The normalized spacial score (nSPS) is 19.6. The van der Waals surface area contributed by atoms with Crippen LogP contribution in [0.4, 0.5) is 0 Å². The first-order valence-electron chi connectivity index (χ1n) is 5.75. The van der Waals surface area contributed by atoms with Gasteiger partial charge in [0.25, 0.3) is 0 Å². The van der Waals surface area contributed by atoms with Crippen LogP contribution in [0.5, 0.6) is 0 Å². The maximum Gasteiger partial charge on any atom is 0.0903 e. The summed E-state index contributed by atoms with van der Waals surface area (Å²) in [6.45, 7) is 1.92. The standard InChI is InChI=1S/C14H15NO/c1-14(16,11-5-6-11)13-4-2-3-10-7-8-15-9-12(10)13/h2-4,7-9,11,16H,5-6H2,1H3. The SMILES string of the molecule is CC(O)(c1cccc2ccncc12)C1CC1. The van der Waals surface area contributed by atoms with Crippen LogP contribution < -0.4 is 0 Å². The number of pyridine rings is 1. The number of hydrogen-bond acceptors (Lipinski definition) is 2. The van der Waals surface area contributed by atoms with Crippen LogP contribution in [0.1, 0.15) is 25.3 Å². The van der Waals surface area contributed by atoms with Crippen molar-refractivity contribution in [3.8, 4) is 0 Å². The molecule has 1 heterocycles. The molecule has 1 saturated carbocycles. The molecule has 0 spiro atoms. The molecule has 1 aromatic heterocycles. The van der Waals surface area contributed by atoms with Gasteiger partial charge in [-0.15, -0.1) is 0 Å². The Kier molecular flexibility index (Phi) is 2.01. The minimum absolute atomic E-state index is 0.415. The van der Waals surface area contributed by atoms with Gasteiger partial charge in [-0.2, -0.15) is 0 Å². The fourth-order valence-electron chi connectivity index (χ4n) is 2.42. The molecule has 0 saturated heterocycles. The van der Waals surface area contributed by atoms with Crippen LogP contribution in [-0.2, 0) is 5.60 Å². The average molecular weight is 213 g/mol. The van der Waals surface area contributed by atoms with Crippen molar-refractivity contribution in [1.29, 1.82) is 0 Å². The summed E-state index contributed by atoms with van der Waals surface area (Å²) in [7, 11) is 0. The van der Waals surface area contributed by atoms with Crippen molar-refractivity contribution in [1.82, 2.24) is 4.98 Å². The van der Waals surface area contributed by atoms with E-state index in [0.717, 1.165) is 29.2 Å². The van der Waals surface area contributed by atoms with Crippen LogP contribution in [-0.4, -0.2) is 10.1 Å². The smallest absolute Gasteiger partial charge is 0.0903 e. The molecule has 1 aliphatic rings. The molecule has 16 heavy (non-hydrogen) atoms. The largest absolute Gasteiger partial charge is 0.385 e. The summed E-state index contributed by atoms with van der Waals surface area (Å²) in [5, 5.41) is 12.8. The Morgan fingerprint density at radius 1 is 1.31 bits per heavy atom. The maximum atomic E-state index is 10.6. The summed E-state index contributed by atoms with van der Waals surface area (Å²) in [5.41, 5.74) is 0.309. The number of fused-ring (bicyclic) bond motifs is 1. The molecule has 1 N–H and O–H groups in total. The van der Waals surface area contributed by atoms with E-state index in [1.54, 1.807) is 6.20 Å². The molecular weight excluding hydrogens is 198 g/mol. The second-order valence-corrected chi connectivity index (χ2v) is 4.82. The fourth-order valence-corrected chi connectivity index (χ4v) is 2.42. The highest BCUT2D eigenvalue weighted by atomic mass is 16.3. The van der Waals surface area contributed by atoms with Gasteiger partial charge in [0, 0.05) is 17.8 Å². The topological polar surface area (TPSA) is 33.1 Å². The molecule has 2 heteroatoms. The van der Waals surface area contributed by atoms with Gasteiger partial charge >= 0.3 is 0 Å². The van der Waals surface area contributed by atoms with Gasteiger partial charge in [-0.25, -0.2) is 0 Å². The molecule has 3 rings (SSSR count). The van der Waals surface area contributed by atoms with Gasteiger partial charge in [-0.05, 0) is 42.7 Å². The lowest BCUT2D eigenvalue weighted by molar-refractivity contribution is 0.0346. The molecule has 0 bridgehead atoms. The second kappa shape index (κ2) is 3.29. The van der Waals surface area contributed by atoms with Crippen molar-refractivity contribution in [2.75, 3.05) is 0 Å². The summed E-state index contributed by atoms with van der Waals surface area (Å²) in [6.07, 6.45) is 5.90. The van der Waals surface area contributed by atoms with Crippen molar-refractivity contribution in [2.24, 2.45) is 5.92 Å². The van der Waals surface area contributed by atoms with E-state index in [0.29, 0.717) is 5.92 Å². The number of rotatable bonds is 2. The van der Waals surface area contributed by atoms with Crippen molar-refractivity contribution in [3.63, 3.8) is 0 Å². The van der Waals surface area contributed by atoms with E-state index in [4.69, 9.17) is 0 Å². The molecule has 1 atom stereocenters. The van der Waals surface area contributed by atoms with Gasteiger partial charge in [0.05, 0.1) is 5.60 Å². The zero-order chi connectivity index (χ0) is 11.2. The van der Waals surface area contributed by atoms with Crippen LogP contribution >= 0.6 is 0 Å². The van der Waals surface area contributed by atoms with Gasteiger partial charge in [-0.3, -0.25) is 4.98 Å². The zero-order valence-electron chi connectivity index (χ0n) is 9.35. The minimum atomic E-state index is -0.706. The summed E-state index contributed by atoms with van der Waals surface area (Å²) >= 11 is 0. The number of aromatic nitrogens is 1. The van der Waals surface area contributed by atoms with E-state index >= 15 is 0 Å². The molecule has 1 aromatic carbocycles. The molecule has 2 aromatic rings. The van der Waals surface area contributed by atoms with E-state index in [9.17, 15) is 5.11 Å². The third kappa shape index (κ3) is 1.41. The Bertz CT molecular complexity index is 524. The predicted octanol–water partition coefficient (Wildman–Crippen LogP) is 2.85. The van der Waals surface area contributed by atoms with Gasteiger partial charge < -0.3 is 5.11 Å². The monoisotopic (exact) mass is 213 g/mol. The summed E-state index contributed by atoms with van der Waals surface area (Å²) < 4.78 is 0. The highest BCUT2D eigenvalue weighted by Crippen LogP contribution is 2.46.